The first-order valence-electron chi connectivity index (χ1n) is 4.61. The molecule has 1 atom stereocenters. The molecule has 0 aliphatic carbocycles. The van der Waals surface area contributed by atoms with Gasteiger partial charge in [-0.1, -0.05) is 29.8 Å². The second kappa shape index (κ2) is 4.75. The van der Waals surface area contributed by atoms with Crippen molar-refractivity contribution in [3.05, 3.63) is 34.1 Å². The molecule has 4 heteroatoms. The molecule has 0 saturated heterocycles. The van der Waals surface area contributed by atoms with Gasteiger partial charge in [0.1, 0.15) is 5.82 Å². The standard InChI is InChI=1S/C11H12BrFO2/c1-6(2)10(11(14)15)8-5-7(13)3-4-9(8)12/h3-6,10H,1-2H3,(H,14,15). The molecule has 1 aromatic rings. The summed E-state index contributed by atoms with van der Waals surface area (Å²) in [6, 6.07) is 4.10. The predicted octanol–water partition coefficient (Wildman–Crippen LogP) is 3.41. The molecule has 0 saturated carbocycles. The number of aliphatic carboxylic acids is 1. The Morgan fingerprint density at radius 3 is 2.53 bits per heavy atom. The fourth-order valence-corrected chi connectivity index (χ4v) is 2.02. The quantitative estimate of drug-likeness (QED) is 0.917. The third-order valence-electron chi connectivity index (χ3n) is 2.23. The number of halogens is 2. The van der Waals surface area contributed by atoms with Crippen LogP contribution in [0.15, 0.2) is 22.7 Å². The van der Waals surface area contributed by atoms with Crippen molar-refractivity contribution < 1.29 is 14.3 Å². The topological polar surface area (TPSA) is 37.3 Å². The van der Waals surface area contributed by atoms with Gasteiger partial charge >= 0.3 is 5.97 Å². The highest BCUT2D eigenvalue weighted by Crippen LogP contribution is 2.31. The van der Waals surface area contributed by atoms with Crippen molar-refractivity contribution in [3.63, 3.8) is 0 Å². The molecule has 15 heavy (non-hydrogen) atoms. The Kier molecular flexibility index (Phi) is 3.85. The lowest BCUT2D eigenvalue weighted by molar-refractivity contribution is -0.139. The smallest absolute Gasteiger partial charge is 0.311 e. The highest BCUT2D eigenvalue weighted by molar-refractivity contribution is 9.10. The number of carboxylic acids is 1. The molecule has 0 aliphatic rings. The highest BCUT2D eigenvalue weighted by Gasteiger charge is 2.25. The zero-order valence-electron chi connectivity index (χ0n) is 8.50. The second-order valence-corrected chi connectivity index (χ2v) is 4.58. The van der Waals surface area contributed by atoms with Crippen molar-refractivity contribution in [2.75, 3.05) is 0 Å². The van der Waals surface area contributed by atoms with Gasteiger partial charge in [0.05, 0.1) is 5.92 Å². The van der Waals surface area contributed by atoms with E-state index in [1.54, 1.807) is 13.8 Å². The summed E-state index contributed by atoms with van der Waals surface area (Å²) in [7, 11) is 0. The third kappa shape index (κ3) is 2.78. The first-order valence-corrected chi connectivity index (χ1v) is 5.40. The molecule has 82 valence electrons. The molecule has 0 amide bonds. The first-order chi connectivity index (χ1) is 6.93. The largest absolute Gasteiger partial charge is 0.481 e. The van der Waals surface area contributed by atoms with Crippen LogP contribution in [-0.4, -0.2) is 11.1 Å². The number of hydrogen-bond acceptors (Lipinski definition) is 1. The van der Waals surface area contributed by atoms with Crippen molar-refractivity contribution in [1.29, 1.82) is 0 Å². The van der Waals surface area contributed by atoms with Crippen LogP contribution in [0, 0.1) is 11.7 Å². The van der Waals surface area contributed by atoms with Crippen LogP contribution in [0.1, 0.15) is 25.3 Å². The van der Waals surface area contributed by atoms with Gasteiger partial charge in [-0.3, -0.25) is 4.79 Å². The zero-order valence-corrected chi connectivity index (χ0v) is 10.1. The van der Waals surface area contributed by atoms with Crippen LogP contribution in [0.5, 0.6) is 0 Å². The van der Waals surface area contributed by atoms with Gasteiger partial charge in [0, 0.05) is 4.47 Å². The summed E-state index contributed by atoms with van der Waals surface area (Å²) in [5.74, 6) is -2.12. The van der Waals surface area contributed by atoms with E-state index in [-0.39, 0.29) is 5.92 Å². The van der Waals surface area contributed by atoms with E-state index in [4.69, 9.17) is 5.11 Å². The third-order valence-corrected chi connectivity index (χ3v) is 2.95. The minimum absolute atomic E-state index is 0.0828. The average Bonchev–Trinajstić information content (AvgIpc) is 2.10. The van der Waals surface area contributed by atoms with Crippen molar-refractivity contribution in [3.8, 4) is 0 Å². The van der Waals surface area contributed by atoms with Crippen LogP contribution in [0.2, 0.25) is 0 Å². The van der Waals surface area contributed by atoms with E-state index in [2.05, 4.69) is 15.9 Å². The van der Waals surface area contributed by atoms with Crippen LogP contribution in [0.25, 0.3) is 0 Å². The number of carboxylic acid groups (broad SMARTS) is 1. The number of rotatable bonds is 3. The van der Waals surface area contributed by atoms with Crippen molar-refractivity contribution >= 4 is 21.9 Å². The maximum absolute atomic E-state index is 13.0. The van der Waals surface area contributed by atoms with Crippen molar-refractivity contribution in [1.82, 2.24) is 0 Å². The van der Waals surface area contributed by atoms with E-state index < -0.39 is 17.7 Å². The summed E-state index contributed by atoms with van der Waals surface area (Å²) in [6.07, 6.45) is 0. The highest BCUT2D eigenvalue weighted by atomic mass is 79.9. The Morgan fingerprint density at radius 2 is 2.07 bits per heavy atom. The lowest BCUT2D eigenvalue weighted by atomic mass is 9.88. The summed E-state index contributed by atoms with van der Waals surface area (Å²) >= 11 is 3.24. The molecule has 1 rings (SSSR count). The first kappa shape index (κ1) is 12.2. The van der Waals surface area contributed by atoms with Gasteiger partial charge in [-0.15, -0.1) is 0 Å². The van der Waals surface area contributed by atoms with Crippen LogP contribution in [0.4, 0.5) is 4.39 Å². The van der Waals surface area contributed by atoms with Crippen LogP contribution >= 0.6 is 15.9 Å². The molecule has 0 spiro atoms. The van der Waals surface area contributed by atoms with Gasteiger partial charge in [-0.05, 0) is 29.7 Å². The summed E-state index contributed by atoms with van der Waals surface area (Å²) < 4.78 is 13.7. The fraction of sp³-hybridized carbons (Fsp3) is 0.364. The van der Waals surface area contributed by atoms with E-state index in [1.807, 2.05) is 0 Å². The molecule has 0 radical (unpaired) electrons. The van der Waals surface area contributed by atoms with Crippen molar-refractivity contribution in [2.45, 2.75) is 19.8 Å². The maximum atomic E-state index is 13.0. The molecule has 0 bridgehead atoms. The van der Waals surface area contributed by atoms with E-state index in [0.29, 0.717) is 10.0 Å². The van der Waals surface area contributed by atoms with Gasteiger partial charge in [0.25, 0.3) is 0 Å². The van der Waals surface area contributed by atoms with Gasteiger partial charge in [-0.2, -0.15) is 0 Å². The lowest BCUT2D eigenvalue weighted by Gasteiger charge is -2.18. The molecule has 0 heterocycles. The Hall–Kier alpha value is -0.900. The van der Waals surface area contributed by atoms with Gasteiger partial charge in [-0.25, -0.2) is 4.39 Å². The zero-order chi connectivity index (χ0) is 11.6. The SMILES string of the molecule is CC(C)C(C(=O)O)c1cc(F)ccc1Br. The summed E-state index contributed by atoms with van der Waals surface area (Å²) in [5.41, 5.74) is 0.484. The molecule has 0 aliphatic heterocycles. The van der Waals surface area contributed by atoms with Crippen LogP contribution in [-0.2, 0) is 4.79 Å². The van der Waals surface area contributed by atoms with E-state index in [0.717, 1.165) is 0 Å². The summed E-state index contributed by atoms with van der Waals surface area (Å²) in [6.45, 7) is 3.60. The fourth-order valence-electron chi connectivity index (χ4n) is 1.53. The Labute approximate surface area is 96.2 Å². The lowest BCUT2D eigenvalue weighted by Crippen LogP contribution is -2.18. The maximum Gasteiger partial charge on any atom is 0.311 e. The second-order valence-electron chi connectivity index (χ2n) is 3.73. The Morgan fingerprint density at radius 1 is 1.47 bits per heavy atom. The summed E-state index contributed by atoms with van der Waals surface area (Å²) in [4.78, 5) is 11.1. The summed E-state index contributed by atoms with van der Waals surface area (Å²) in [5, 5.41) is 9.07. The number of benzene rings is 1. The molecule has 1 N–H and O–H groups in total. The van der Waals surface area contributed by atoms with Crippen molar-refractivity contribution in [2.24, 2.45) is 5.92 Å². The van der Waals surface area contributed by atoms with Crippen LogP contribution < -0.4 is 0 Å². The molecule has 1 aromatic carbocycles. The van der Waals surface area contributed by atoms with E-state index in [1.165, 1.54) is 18.2 Å². The minimum atomic E-state index is -0.934. The predicted molar refractivity (Wildman–Crippen MR) is 59.3 cm³/mol. The van der Waals surface area contributed by atoms with E-state index >= 15 is 0 Å². The molecule has 0 fully saturated rings. The molecule has 1 unspecified atom stereocenters. The number of hydrogen-bond donors (Lipinski definition) is 1. The molecular weight excluding hydrogens is 263 g/mol. The molecule has 2 nitrogen and oxygen atoms in total. The van der Waals surface area contributed by atoms with Crippen LogP contribution in [0.3, 0.4) is 0 Å². The minimum Gasteiger partial charge on any atom is -0.481 e. The van der Waals surface area contributed by atoms with Gasteiger partial charge in [0.2, 0.25) is 0 Å². The Balaban J connectivity index is 3.22. The normalized spacial score (nSPS) is 12.9. The number of carbonyl (C=O) groups is 1. The Bertz CT molecular complexity index is 377. The van der Waals surface area contributed by atoms with Gasteiger partial charge < -0.3 is 5.11 Å². The molecular formula is C11H12BrFO2. The monoisotopic (exact) mass is 274 g/mol. The average molecular weight is 275 g/mol. The molecule has 0 aromatic heterocycles. The van der Waals surface area contributed by atoms with E-state index in [9.17, 15) is 9.18 Å². The van der Waals surface area contributed by atoms with Gasteiger partial charge in [0.15, 0.2) is 0 Å².